The zero-order valence-electron chi connectivity index (χ0n) is 16.1. The summed E-state index contributed by atoms with van der Waals surface area (Å²) < 4.78 is 39.6. The van der Waals surface area contributed by atoms with Crippen LogP contribution in [0.5, 0.6) is 0 Å². The first kappa shape index (κ1) is 20.4. The molecule has 0 bridgehead atoms. The number of imidazole rings is 1. The summed E-state index contributed by atoms with van der Waals surface area (Å²) in [5.74, 6) is -0.546. The van der Waals surface area contributed by atoms with Crippen LogP contribution in [0.25, 0.3) is 5.65 Å². The van der Waals surface area contributed by atoms with Crippen molar-refractivity contribution in [3.8, 4) is 0 Å². The van der Waals surface area contributed by atoms with Crippen LogP contribution in [-0.4, -0.2) is 51.0 Å². The van der Waals surface area contributed by atoms with Gasteiger partial charge in [-0.2, -0.15) is 13.2 Å². The van der Waals surface area contributed by atoms with Crippen molar-refractivity contribution in [1.82, 2.24) is 19.6 Å². The van der Waals surface area contributed by atoms with Gasteiger partial charge in [-0.15, -0.1) is 0 Å². The highest BCUT2D eigenvalue weighted by molar-refractivity contribution is 5.92. The van der Waals surface area contributed by atoms with E-state index in [1.807, 2.05) is 12.1 Å². The van der Waals surface area contributed by atoms with Crippen LogP contribution in [0.2, 0.25) is 0 Å². The Morgan fingerprint density at radius 3 is 2.70 bits per heavy atom. The fraction of sp³-hybridized carbons (Fsp3) is 0.333. The van der Waals surface area contributed by atoms with Gasteiger partial charge < -0.3 is 14.8 Å². The number of alkyl halides is 3. The minimum Gasteiger partial charge on any atom is -0.390 e. The van der Waals surface area contributed by atoms with Crippen LogP contribution >= 0.6 is 0 Å². The minimum absolute atomic E-state index is 0.00609. The topological polar surface area (TPSA) is 69.9 Å². The van der Waals surface area contributed by atoms with E-state index in [1.54, 1.807) is 0 Å². The molecular formula is C21H21F3N4O2. The largest absolute Gasteiger partial charge is 0.417 e. The van der Waals surface area contributed by atoms with E-state index in [2.05, 4.69) is 27.3 Å². The monoisotopic (exact) mass is 418 g/mol. The number of hydrogen-bond donors (Lipinski definition) is 2. The van der Waals surface area contributed by atoms with Gasteiger partial charge in [0.25, 0.3) is 5.91 Å². The van der Waals surface area contributed by atoms with Gasteiger partial charge in [0.1, 0.15) is 11.3 Å². The summed E-state index contributed by atoms with van der Waals surface area (Å²) in [4.78, 5) is 18.5. The van der Waals surface area contributed by atoms with E-state index in [0.717, 1.165) is 31.8 Å². The van der Waals surface area contributed by atoms with Gasteiger partial charge in [0.2, 0.25) is 0 Å². The van der Waals surface area contributed by atoms with Crippen molar-refractivity contribution in [3.63, 3.8) is 0 Å². The molecule has 1 aliphatic rings. The molecule has 1 aromatic carbocycles. The third-order valence-corrected chi connectivity index (χ3v) is 5.19. The molecule has 4 rings (SSSR count). The molecule has 3 heterocycles. The van der Waals surface area contributed by atoms with E-state index in [-0.39, 0.29) is 17.9 Å². The summed E-state index contributed by atoms with van der Waals surface area (Å²) in [5, 5.41) is 12.9. The lowest BCUT2D eigenvalue weighted by atomic mass is 10.00. The molecule has 1 atom stereocenters. The highest BCUT2D eigenvalue weighted by Crippen LogP contribution is 2.29. The summed E-state index contributed by atoms with van der Waals surface area (Å²) >= 11 is 0. The number of hydrogen-bond acceptors (Lipinski definition) is 4. The number of halogens is 3. The number of nitrogens with zero attached hydrogens (tertiary/aromatic N) is 3. The molecule has 0 radical (unpaired) electrons. The van der Waals surface area contributed by atoms with E-state index in [9.17, 15) is 23.1 Å². The molecular weight excluding hydrogens is 397 g/mol. The molecule has 9 heteroatoms. The molecule has 30 heavy (non-hydrogen) atoms. The molecule has 0 saturated carbocycles. The van der Waals surface area contributed by atoms with Crippen molar-refractivity contribution in [2.24, 2.45) is 0 Å². The lowest BCUT2D eigenvalue weighted by Gasteiger charge is -2.30. The second-order valence-corrected chi connectivity index (χ2v) is 7.42. The van der Waals surface area contributed by atoms with E-state index in [1.165, 1.54) is 27.8 Å². The Balaban J connectivity index is 1.33. The fourth-order valence-corrected chi connectivity index (χ4v) is 3.64. The van der Waals surface area contributed by atoms with Crippen molar-refractivity contribution < 1.29 is 23.1 Å². The molecule has 2 N–H and O–H groups in total. The van der Waals surface area contributed by atoms with Crippen molar-refractivity contribution in [2.75, 3.05) is 19.6 Å². The third-order valence-electron chi connectivity index (χ3n) is 5.19. The zero-order chi connectivity index (χ0) is 21.3. The van der Waals surface area contributed by atoms with Gasteiger partial charge in [0.05, 0.1) is 11.7 Å². The smallest absolute Gasteiger partial charge is 0.390 e. The summed E-state index contributed by atoms with van der Waals surface area (Å²) in [7, 11) is 0. The first-order chi connectivity index (χ1) is 14.3. The quantitative estimate of drug-likeness (QED) is 0.668. The van der Waals surface area contributed by atoms with E-state index in [0.29, 0.717) is 6.54 Å². The molecule has 1 amide bonds. The number of amides is 1. The highest BCUT2D eigenvalue weighted by atomic mass is 19.4. The normalized spacial score (nSPS) is 15.7. The highest BCUT2D eigenvalue weighted by Gasteiger charge is 2.31. The Kier molecular flexibility index (Phi) is 5.48. The zero-order valence-corrected chi connectivity index (χ0v) is 16.1. The number of aliphatic hydroxyl groups is 1. The van der Waals surface area contributed by atoms with Gasteiger partial charge in [-0.25, -0.2) is 4.98 Å². The van der Waals surface area contributed by atoms with E-state index in [4.69, 9.17) is 0 Å². The van der Waals surface area contributed by atoms with Gasteiger partial charge in [-0.3, -0.25) is 9.69 Å². The number of aromatic nitrogens is 2. The Morgan fingerprint density at radius 2 is 1.93 bits per heavy atom. The third kappa shape index (κ3) is 4.47. The van der Waals surface area contributed by atoms with Crippen molar-refractivity contribution in [1.29, 1.82) is 0 Å². The van der Waals surface area contributed by atoms with Crippen LogP contribution in [-0.2, 0) is 19.1 Å². The Bertz CT molecular complexity index is 1060. The minimum atomic E-state index is -4.47. The van der Waals surface area contributed by atoms with Gasteiger partial charge >= 0.3 is 6.18 Å². The van der Waals surface area contributed by atoms with Crippen LogP contribution in [0.1, 0.15) is 27.2 Å². The number of carbonyl (C=O) groups excluding carboxylic acids is 1. The molecule has 3 aromatic rings. The molecule has 0 aliphatic carbocycles. The van der Waals surface area contributed by atoms with Gasteiger partial charge in [0, 0.05) is 38.6 Å². The van der Waals surface area contributed by atoms with Gasteiger partial charge in [0.15, 0.2) is 0 Å². The molecule has 158 valence electrons. The van der Waals surface area contributed by atoms with Crippen LogP contribution in [0, 0.1) is 0 Å². The molecule has 0 unspecified atom stereocenters. The number of benzene rings is 1. The van der Waals surface area contributed by atoms with Crippen molar-refractivity contribution in [2.45, 2.75) is 25.2 Å². The summed E-state index contributed by atoms with van der Waals surface area (Å²) in [6, 6.07) is 10.3. The number of aliphatic hydroxyl groups excluding tert-OH is 1. The Hall–Kier alpha value is -2.91. The number of pyridine rings is 1. The maximum Gasteiger partial charge on any atom is 0.417 e. The van der Waals surface area contributed by atoms with Gasteiger partial charge in [-0.05, 0) is 29.7 Å². The first-order valence-corrected chi connectivity index (χ1v) is 9.61. The Labute approximate surface area is 171 Å². The number of nitrogens with one attached hydrogen (secondary N) is 1. The van der Waals surface area contributed by atoms with E-state index < -0.39 is 23.8 Å². The molecule has 0 fully saturated rings. The number of β-amino-alcohol motifs (C(OH)–C–C–N with tert-alkyl or cyclic N) is 1. The molecule has 6 nitrogen and oxygen atoms in total. The van der Waals surface area contributed by atoms with Crippen molar-refractivity contribution >= 4 is 11.6 Å². The Morgan fingerprint density at radius 1 is 1.17 bits per heavy atom. The summed E-state index contributed by atoms with van der Waals surface area (Å²) in [6.07, 6.45) is -2.19. The van der Waals surface area contributed by atoms with Crippen molar-refractivity contribution in [3.05, 3.63) is 71.2 Å². The number of carbonyl (C=O) groups is 1. The SMILES string of the molecule is O=C(NC[C@H](O)CN1CCc2ccccc2C1)c1cn2cc(C(F)(F)F)ccc2n1. The second-order valence-electron chi connectivity index (χ2n) is 7.42. The average Bonchev–Trinajstić information content (AvgIpc) is 3.15. The summed E-state index contributed by atoms with van der Waals surface area (Å²) in [6.45, 7) is 2.01. The van der Waals surface area contributed by atoms with E-state index >= 15 is 0 Å². The maximum atomic E-state index is 12.8. The lowest BCUT2D eigenvalue weighted by Crippen LogP contribution is -2.42. The predicted octanol–water partition coefficient (Wildman–Crippen LogP) is 2.50. The molecule has 2 aromatic heterocycles. The lowest BCUT2D eigenvalue weighted by molar-refractivity contribution is -0.137. The number of rotatable bonds is 5. The van der Waals surface area contributed by atoms with Gasteiger partial charge in [-0.1, -0.05) is 24.3 Å². The molecule has 1 aliphatic heterocycles. The van der Waals surface area contributed by atoms with Crippen LogP contribution in [0.4, 0.5) is 13.2 Å². The van der Waals surface area contributed by atoms with Crippen LogP contribution < -0.4 is 5.32 Å². The standard InChI is InChI=1S/C21H21F3N4O2/c22-21(23,24)16-5-6-19-26-18(13-28(19)11-16)20(30)25-9-17(29)12-27-8-7-14-3-1-2-4-15(14)10-27/h1-6,11,13,17,29H,7-10,12H2,(H,25,30)/t17-/m0/s1. The second kappa shape index (κ2) is 8.08. The fourth-order valence-electron chi connectivity index (χ4n) is 3.64. The number of fused-ring (bicyclic) bond motifs is 2. The summed E-state index contributed by atoms with van der Waals surface area (Å²) in [5.41, 5.74) is 1.96. The maximum absolute atomic E-state index is 12.8. The van der Waals surface area contributed by atoms with Crippen LogP contribution in [0.15, 0.2) is 48.8 Å². The molecule has 0 saturated heterocycles. The first-order valence-electron chi connectivity index (χ1n) is 9.61. The predicted molar refractivity (Wildman–Crippen MR) is 104 cm³/mol. The average molecular weight is 418 g/mol. The van der Waals surface area contributed by atoms with Crippen LogP contribution in [0.3, 0.4) is 0 Å². The molecule has 0 spiro atoms.